The summed E-state index contributed by atoms with van der Waals surface area (Å²) in [4.78, 5) is 13.1. The van der Waals surface area contributed by atoms with Gasteiger partial charge >= 0.3 is 6.03 Å². The van der Waals surface area contributed by atoms with E-state index in [-0.39, 0.29) is 6.03 Å². The van der Waals surface area contributed by atoms with Crippen molar-refractivity contribution in [1.82, 2.24) is 10.2 Å². The number of unbranched alkanes of at least 4 members (excludes halogenated alkanes) is 1. The lowest BCUT2D eigenvalue weighted by molar-refractivity contribution is 0.199. The van der Waals surface area contributed by atoms with Crippen LogP contribution in [-0.4, -0.2) is 31.1 Å². The number of nitrogens with one attached hydrogen (secondary N) is 1. The Morgan fingerprint density at radius 2 is 1.92 bits per heavy atom. The molecule has 0 saturated carbocycles. The summed E-state index contributed by atoms with van der Waals surface area (Å²) in [5.74, 6) is 0. The van der Waals surface area contributed by atoms with Gasteiger partial charge in [-0.3, -0.25) is 0 Å². The summed E-state index contributed by atoms with van der Waals surface area (Å²) in [5.41, 5.74) is 0. The standard InChI is InChI=1S/C9H20N2O/c1-4-6-8-11(7-5-2)9(12)10-3/h4-8H2,1-3H3,(H,10,12). The van der Waals surface area contributed by atoms with E-state index in [9.17, 15) is 4.79 Å². The van der Waals surface area contributed by atoms with Crippen LogP contribution in [0.25, 0.3) is 0 Å². The highest BCUT2D eigenvalue weighted by Gasteiger charge is 2.08. The van der Waals surface area contributed by atoms with Crippen molar-refractivity contribution >= 4 is 6.03 Å². The minimum atomic E-state index is 0.0466. The Hall–Kier alpha value is -0.730. The third kappa shape index (κ3) is 4.21. The van der Waals surface area contributed by atoms with Gasteiger partial charge in [-0.05, 0) is 12.8 Å². The first kappa shape index (κ1) is 11.3. The van der Waals surface area contributed by atoms with Gasteiger partial charge < -0.3 is 10.2 Å². The first-order valence-electron chi connectivity index (χ1n) is 4.72. The molecule has 0 heterocycles. The van der Waals surface area contributed by atoms with E-state index < -0.39 is 0 Å². The van der Waals surface area contributed by atoms with E-state index in [2.05, 4.69) is 19.2 Å². The predicted octanol–water partition coefficient (Wildman–Crippen LogP) is 1.84. The summed E-state index contributed by atoms with van der Waals surface area (Å²) in [6, 6.07) is 0.0466. The summed E-state index contributed by atoms with van der Waals surface area (Å²) in [6.45, 7) is 5.96. The van der Waals surface area contributed by atoms with Crippen molar-refractivity contribution in [2.24, 2.45) is 0 Å². The molecule has 3 heteroatoms. The van der Waals surface area contributed by atoms with Gasteiger partial charge in [-0.15, -0.1) is 0 Å². The Kier molecular flexibility index (Phi) is 6.53. The smallest absolute Gasteiger partial charge is 0.317 e. The van der Waals surface area contributed by atoms with Gasteiger partial charge in [-0.1, -0.05) is 20.3 Å². The molecule has 0 unspecified atom stereocenters. The van der Waals surface area contributed by atoms with Crippen LogP contribution in [0.2, 0.25) is 0 Å². The molecule has 0 fully saturated rings. The first-order valence-corrected chi connectivity index (χ1v) is 4.72. The largest absolute Gasteiger partial charge is 0.341 e. The molecular formula is C9H20N2O. The molecule has 0 aromatic rings. The Morgan fingerprint density at radius 3 is 2.33 bits per heavy atom. The van der Waals surface area contributed by atoms with E-state index in [1.165, 1.54) is 0 Å². The monoisotopic (exact) mass is 172 g/mol. The molecule has 0 spiro atoms. The maximum absolute atomic E-state index is 11.2. The molecular weight excluding hydrogens is 152 g/mol. The number of hydrogen-bond donors (Lipinski definition) is 1. The van der Waals surface area contributed by atoms with Crippen LogP contribution in [0.4, 0.5) is 4.79 Å². The normalized spacial score (nSPS) is 9.58. The van der Waals surface area contributed by atoms with Crippen LogP contribution in [0.3, 0.4) is 0 Å². The minimum absolute atomic E-state index is 0.0466. The van der Waals surface area contributed by atoms with E-state index in [1.54, 1.807) is 7.05 Å². The topological polar surface area (TPSA) is 32.3 Å². The van der Waals surface area contributed by atoms with Gasteiger partial charge in [0.1, 0.15) is 0 Å². The summed E-state index contributed by atoms with van der Waals surface area (Å²) in [6.07, 6.45) is 3.25. The average molecular weight is 172 g/mol. The van der Waals surface area contributed by atoms with Crippen molar-refractivity contribution < 1.29 is 4.79 Å². The van der Waals surface area contributed by atoms with Crippen molar-refractivity contribution in [3.8, 4) is 0 Å². The highest BCUT2D eigenvalue weighted by molar-refractivity contribution is 5.73. The van der Waals surface area contributed by atoms with Gasteiger partial charge in [0.2, 0.25) is 0 Å². The fourth-order valence-corrected chi connectivity index (χ4v) is 1.09. The van der Waals surface area contributed by atoms with Crippen molar-refractivity contribution in [3.63, 3.8) is 0 Å². The van der Waals surface area contributed by atoms with Gasteiger partial charge in [-0.25, -0.2) is 4.79 Å². The Morgan fingerprint density at radius 1 is 1.25 bits per heavy atom. The van der Waals surface area contributed by atoms with Crippen LogP contribution >= 0.6 is 0 Å². The molecule has 72 valence electrons. The van der Waals surface area contributed by atoms with Crippen molar-refractivity contribution in [1.29, 1.82) is 0 Å². The number of nitrogens with zero attached hydrogens (tertiary/aromatic N) is 1. The lowest BCUT2D eigenvalue weighted by Gasteiger charge is -2.20. The first-order chi connectivity index (χ1) is 5.76. The molecule has 3 nitrogen and oxygen atoms in total. The zero-order chi connectivity index (χ0) is 9.40. The van der Waals surface area contributed by atoms with Gasteiger partial charge in [-0.2, -0.15) is 0 Å². The van der Waals surface area contributed by atoms with E-state index in [0.29, 0.717) is 0 Å². The third-order valence-electron chi connectivity index (χ3n) is 1.78. The molecule has 0 aliphatic rings. The fourth-order valence-electron chi connectivity index (χ4n) is 1.09. The van der Waals surface area contributed by atoms with E-state index >= 15 is 0 Å². The molecule has 0 aromatic carbocycles. The number of urea groups is 1. The lowest BCUT2D eigenvalue weighted by Crippen LogP contribution is -2.39. The summed E-state index contributed by atoms with van der Waals surface area (Å²) < 4.78 is 0. The second-order valence-electron chi connectivity index (χ2n) is 2.90. The quantitative estimate of drug-likeness (QED) is 0.674. The highest BCUT2D eigenvalue weighted by Crippen LogP contribution is 1.96. The number of amides is 2. The number of carbonyl (C=O) groups excluding carboxylic acids is 1. The van der Waals surface area contributed by atoms with Crippen molar-refractivity contribution in [2.75, 3.05) is 20.1 Å². The maximum Gasteiger partial charge on any atom is 0.317 e. The molecule has 0 aliphatic heterocycles. The lowest BCUT2D eigenvalue weighted by atomic mass is 10.3. The van der Waals surface area contributed by atoms with Gasteiger partial charge in [0.05, 0.1) is 0 Å². The van der Waals surface area contributed by atoms with Gasteiger partial charge in [0, 0.05) is 20.1 Å². The van der Waals surface area contributed by atoms with E-state index in [4.69, 9.17) is 0 Å². The summed E-state index contributed by atoms with van der Waals surface area (Å²) in [7, 11) is 1.68. The van der Waals surface area contributed by atoms with E-state index in [1.807, 2.05) is 4.90 Å². The zero-order valence-electron chi connectivity index (χ0n) is 8.39. The molecule has 0 bridgehead atoms. The van der Waals surface area contributed by atoms with Gasteiger partial charge in [0.25, 0.3) is 0 Å². The Labute approximate surface area is 75.1 Å². The van der Waals surface area contributed by atoms with Crippen LogP contribution in [0.5, 0.6) is 0 Å². The van der Waals surface area contributed by atoms with Crippen molar-refractivity contribution in [2.45, 2.75) is 33.1 Å². The second kappa shape index (κ2) is 6.95. The van der Waals surface area contributed by atoms with Crippen molar-refractivity contribution in [3.05, 3.63) is 0 Å². The predicted molar refractivity (Wildman–Crippen MR) is 51.2 cm³/mol. The fraction of sp³-hybridized carbons (Fsp3) is 0.889. The Balaban J connectivity index is 3.76. The number of rotatable bonds is 5. The molecule has 0 atom stereocenters. The molecule has 1 N–H and O–H groups in total. The Bertz CT molecular complexity index is 126. The molecule has 12 heavy (non-hydrogen) atoms. The minimum Gasteiger partial charge on any atom is -0.341 e. The van der Waals surface area contributed by atoms with Crippen LogP contribution in [0.1, 0.15) is 33.1 Å². The summed E-state index contributed by atoms with van der Waals surface area (Å²) in [5, 5.41) is 2.65. The van der Waals surface area contributed by atoms with Crippen LogP contribution in [0.15, 0.2) is 0 Å². The van der Waals surface area contributed by atoms with Crippen LogP contribution in [0, 0.1) is 0 Å². The second-order valence-corrected chi connectivity index (χ2v) is 2.90. The molecule has 2 amide bonds. The zero-order valence-corrected chi connectivity index (χ0v) is 8.39. The maximum atomic E-state index is 11.2. The third-order valence-corrected chi connectivity index (χ3v) is 1.78. The molecule has 0 saturated heterocycles. The molecule has 0 rings (SSSR count). The highest BCUT2D eigenvalue weighted by atomic mass is 16.2. The van der Waals surface area contributed by atoms with Gasteiger partial charge in [0.15, 0.2) is 0 Å². The summed E-state index contributed by atoms with van der Waals surface area (Å²) >= 11 is 0. The molecule has 0 aromatic heterocycles. The SMILES string of the molecule is CCCCN(CCC)C(=O)NC. The van der Waals surface area contributed by atoms with Crippen LogP contribution in [-0.2, 0) is 0 Å². The average Bonchev–Trinajstić information content (AvgIpc) is 2.11. The number of hydrogen-bond acceptors (Lipinski definition) is 1. The van der Waals surface area contributed by atoms with Crippen LogP contribution < -0.4 is 5.32 Å². The number of carbonyl (C=O) groups is 1. The van der Waals surface area contributed by atoms with E-state index in [0.717, 1.165) is 32.4 Å². The molecule has 0 aliphatic carbocycles. The molecule has 0 radical (unpaired) electrons.